The fraction of sp³-hybridized carbons (Fsp3) is 1.00. The Morgan fingerprint density at radius 1 is 1.00 bits per heavy atom. The summed E-state index contributed by atoms with van der Waals surface area (Å²) < 4.78 is 6.07. The predicted molar refractivity (Wildman–Crippen MR) is 89.2 cm³/mol. The smallest absolute Gasteiger partial charge is 0.121 e. The van der Waals surface area contributed by atoms with Gasteiger partial charge in [0, 0.05) is 5.41 Å². The SMILES string of the molecule is C[C@@]1(CO)[C@H](O)CC[C@@]2(C)[C@H]1CC[C@H]1C[C@@H]3C[C@@]12C[C@H]1O[C@@]31CO. The Kier molecular flexibility index (Phi) is 3.05. The highest BCUT2D eigenvalue weighted by Gasteiger charge is 2.77. The maximum absolute atomic E-state index is 10.7. The van der Waals surface area contributed by atoms with Crippen molar-refractivity contribution in [1.82, 2.24) is 0 Å². The minimum absolute atomic E-state index is 0.0824. The van der Waals surface area contributed by atoms with Gasteiger partial charge in [-0.3, -0.25) is 0 Å². The van der Waals surface area contributed by atoms with Crippen molar-refractivity contribution < 1.29 is 20.1 Å². The van der Waals surface area contributed by atoms with Crippen LogP contribution in [0, 0.1) is 34.0 Å². The average Bonchev–Trinajstić information content (AvgIpc) is 3.20. The summed E-state index contributed by atoms with van der Waals surface area (Å²) in [5, 5.41) is 30.7. The molecule has 0 unspecified atom stereocenters. The molecule has 1 heterocycles. The molecule has 4 heteroatoms. The zero-order valence-corrected chi connectivity index (χ0v) is 15.0. The lowest BCUT2D eigenvalue weighted by Crippen LogP contribution is -2.63. The Labute approximate surface area is 144 Å². The van der Waals surface area contributed by atoms with Gasteiger partial charge in [0.2, 0.25) is 0 Å². The van der Waals surface area contributed by atoms with Gasteiger partial charge in [0.15, 0.2) is 0 Å². The lowest BCUT2D eigenvalue weighted by Gasteiger charge is -2.66. The Bertz CT molecular complexity index is 562. The van der Waals surface area contributed by atoms with Crippen molar-refractivity contribution in [3.05, 3.63) is 0 Å². The Morgan fingerprint density at radius 2 is 1.79 bits per heavy atom. The zero-order chi connectivity index (χ0) is 17.0. The summed E-state index contributed by atoms with van der Waals surface area (Å²) in [4.78, 5) is 0. The molecule has 2 bridgehead atoms. The number of aliphatic hydroxyl groups excluding tert-OH is 3. The predicted octanol–water partition coefficient (Wildman–Crippen LogP) is 2.10. The summed E-state index contributed by atoms with van der Waals surface area (Å²) in [6.45, 7) is 4.83. The highest BCUT2D eigenvalue weighted by atomic mass is 16.6. The molecule has 0 aromatic carbocycles. The number of aliphatic hydroxyl groups is 3. The summed E-state index contributed by atoms with van der Waals surface area (Å²) in [6, 6.07) is 0. The number of fused-ring (bicyclic) bond motifs is 4. The van der Waals surface area contributed by atoms with Crippen molar-refractivity contribution in [2.75, 3.05) is 13.2 Å². The molecule has 5 rings (SSSR count). The second kappa shape index (κ2) is 4.57. The highest BCUT2D eigenvalue weighted by Crippen LogP contribution is 2.78. The first-order valence-electron chi connectivity index (χ1n) is 9.94. The van der Waals surface area contributed by atoms with Crippen molar-refractivity contribution in [2.45, 2.75) is 76.6 Å². The maximum Gasteiger partial charge on any atom is 0.121 e. The van der Waals surface area contributed by atoms with Crippen LogP contribution in [0.4, 0.5) is 0 Å². The molecule has 3 N–H and O–H groups in total. The van der Waals surface area contributed by atoms with Gasteiger partial charge < -0.3 is 20.1 Å². The normalized spacial score (nSPS) is 64.1. The Hall–Kier alpha value is -0.160. The molecule has 1 spiro atoms. The first-order chi connectivity index (χ1) is 11.4. The van der Waals surface area contributed by atoms with E-state index < -0.39 is 0 Å². The van der Waals surface area contributed by atoms with Crippen molar-refractivity contribution in [2.24, 2.45) is 34.0 Å². The quantitative estimate of drug-likeness (QED) is 0.675. The van der Waals surface area contributed by atoms with E-state index in [0.29, 0.717) is 11.8 Å². The van der Waals surface area contributed by atoms with E-state index in [0.717, 1.165) is 31.6 Å². The second-order valence-corrected chi connectivity index (χ2v) is 10.2. The summed E-state index contributed by atoms with van der Waals surface area (Å²) in [5.41, 5.74) is -0.129. The number of hydrogen-bond acceptors (Lipinski definition) is 4. The molecule has 4 saturated carbocycles. The minimum atomic E-state index is -0.386. The fourth-order valence-electron chi connectivity index (χ4n) is 8.34. The van der Waals surface area contributed by atoms with Gasteiger partial charge in [0.25, 0.3) is 0 Å². The molecule has 0 amide bonds. The topological polar surface area (TPSA) is 73.2 Å². The molecule has 9 atom stereocenters. The lowest BCUT2D eigenvalue weighted by atomic mass is 9.39. The first-order valence-corrected chi connectivity index (χ1v) is 9.94. The summed E-state index contributed by atoms with van der Waals surface area (Å²) >= 11 is 0. The molecule has 5 fully saturated rings. The van der Waals surface area contributed by atoms with Crippen LogP contribution in [-0.4, -0.2) is 46.3 Å². The lowest BCUT2D eigenvalue weighted by molar-refractivity contribution is -0.207. The molecule has 0 aromatic rings. The molecule has 1 aliphatic heterocycles. The molecule has 4 nitrogen and oxygen atoms in total. The molecule has 24 heavy (non-hydrogen) atoms. The molecule has 0 radical (unpaired) electrons. The number of hydrogen-bond donors (Lipinski definition) is 3. The van der Waals surface area contributed by atoms with Crippen molar-refractivity contribution in [3.8, 4) is 0 Å². The van der Waals surface area contributed by atoms with Gasteiger partial charge in [-0.15, -0.1) is 0 Å². The van der Waals surface area contributed by atoms with E-state index in [4.69, 9.17) is 4.74 Å². The first kappa shape index (κ1) is 16.0. The number of ether oxygens (including phenoxy) is 1. The Morgan fingerprint density at radius 3 is 2.50 bits per heavy atom. The van der Waals surface area contributed by atoms with Gasteiger partial charge in [-0.1, -0.05) is 13.8 Å². The number of epoxide rings is 1. The van der Waals surface area contributed by atoms with Crippen molar-refractivity contribution in [1.29, 1.82) is 0 Å². The Balaban J connectivity index is 1.57. The minimum Gasteiger partial charge on any atom is -0.396 e. The van der Waals surface area contributed by atoms with E-state index in [1.54, 1.807) is 0 Å². The van der Waals surface area contributed by atoms with Gasteiger partial charge in [0.05, 0.1) is 25.4 Å². The molecule has 5 aliphatic rings. The van der Waals surface area contributed by atoms with E-state index in [-0.39, 0.29) is 47.3 Å². The van der Waals surface area contributed by atoms with E-state index in [2.05, 4.69) is 13.8 Å². The van der Waals surface area contributed by atoms with E-state index in [1.807, 2.05) is 0 Å². The molecule has 136 valence electrons. The van der Waals surface area contributed by atoms with E-state index in [1.165, 1.54) is 19.3 Å². The van der Waals surface area contributed by atoms with Crippen LogP contribution in [0.1, 0.15) is 58.8 Å². The van der Waals surface area contributed by atoms with Crippen LogP contribution >= 0.6 is 0 Å². The monoisotopic (exact) mass is 336 g/mol. The van der Waals surface area contributed by atoms with Gasteiger partial charge >= 0.3 is 0 Å². The largest absolute Gasteiger partial charge is 0.396 e. The fourth-order valence-corrected chi connectivity index (χ4v) is 8.34. The number of rotatable bonds is 2. The van der Waals surface area contributed by atoms with Crippen LogP contribution < -0.4 is 0 Å². The van der Waals surface area contributed by atoms with Crippen LogP contribution in [0.25, 0.3) is 0 Å². The maximum atomic E-state index is 10.7. The van der Waals surface area contributed by atoms with Crippen molar-refractivity contribution >= 4 is 0 Å². The third-order valence-electron chi connectivity index (χ3n) is 9.84. The third kappa shape index (κ3) is 1.53. The van der Waals surface area contributed by atoms with Crippen LogP contribution in [-0.2, 0) is 4.74 Å². The average molecular weight is 336 g/mol. The van der Waals surface area contributed by atoms with E-state index >= 15 is 0 Å². The van der Waals surface area contributed by atoms with Gasteiger partial charge in [-0.25, -0.2) is 0 Å². The van der Waals surface area contributed by atoms with Crippen LogP contribution in [0.3, 0.4) is 0 Å². The molecule has 1 saturated heterocycles. The summed E-state index contributed by atoms with van der Waals surface area (Å²) in [5.74, 6) is 1.63. The van der Waals surface area contributed by atoms with Gasteiger partial charge in [0.1, 0.15) is 5.60 Å². The van der Waals surface area contributed by atoms with Crippen molar-refractivity contribution in [3.63, 3.8) is 0 Å². The summed E-state index contributed by atoms with van der Waals surface area (Å²) in [6.07, 6.45) is 7.54. The van der Waals surface area contributed by atoms with Gasteiger partial charge in [-0.05, 0) is 73.5 Å². The summed E-state index contributed by atoms with van der Waals surface area (Å²) in [7, 11) is 0. The third-order valence-corrected chi connectivity index (χ3v) is 9.84. The molecule has 0 aromatic heterocycles. The van der Waals surface area contributed by atoms with Crippen LogP contribution in [0.5, 0.6) is 0 Å². The zero-order valence-electron chi connectivity index (χ0n) is 15.0. The highest BCUT2D eigenvalue weighted by molar-refractivity contribution is 5.25. The molecular weight excluding hydrogens is 304 g/mol. The molecule has 4 aliphatic carbocycles. The van der Waals surface area contributed by atoms with Crippen LogP contribution in [0.15, 0.2) is 0 Å². The van der Waals surface area contributed by atoms with E-state index in [9.17, 15) is 15.3 Å². The second-order valence-electron chi connectivity index (χ2n) is 10.2. The van der Waals surface area contributed by atoms with Crippen LogP contribution in [0.2, 0.25) is 0 Å². The van der Waals surface area contributed by atoms with Gasteiger partial charge in [-0.2, -0.15) is 0 Å². The standard InChI is InChI=1S/C20H32O4/c1-17(10-21)14-4-3-12-7-13-8-19(12,9-16-20(13,11-22)24-16)18(14,2)6-5-15(17)23/h12-16,21-23H,3-11H2,1-2H3/t12-,13+,14-,15+,16+,17-,18-,19+,20-/m0/s1. The molecular formula is C20H32O4.